The Kier molecular flexibility index (Phi) is 2.78. The van der Waals surface area contributed by atoms with Gasteiger partial charge in [-0.05, 0) is 19.1 Å². The van der Waals surface area contributed by atoms with Crippen molar-refractivity contribution in [3.63, 3.8) is 0 Å². The molecule has 6 nitrogen and oxygen atoms in total. The summed E-state index contributed by atoms with van der Waals surface area (Å²) in [4.78, 5) is 22.3. The first-order valence-electron chi connectivity index (χ1n) is 5.01. The summed E-state index contributed by atoms with van der Waals surface area (Å²) in [6, 6.07) is 7.31. The van der Waals surface area contributed by atoms with Gasteiger partial charge in [0.2, 0.25) is 0 Å². The van der Waals surface area contributed by atoms with Gasteiger partial charge in [0.1, 0.15) is 12.9 Å². The van der Waals surface area contributed by atoms with E-state index in [2.05, 4.69) is 5.10 Å². The van der Waals surface area contributed by atoms with Gasteiger partial charge < -0.3 is 5.11 Å². The number of benzene rings is 1. The fourth-order valence-electron chi connectivity index (χ4n) is 1.46. The number of carbonyl (C=O) groups is 1. The van der Waals surface area contributed by atoms with Gasteiger partial charge in [-0.25, -0.2) is 14.0 Å². The van der Waals surface area contributed by atoms with Gasteiger partial charge in [0.15, 0.2) is 0 Å². The minimum absolute atomic E-state index is 0.433. The number of aryl methyl sites for hydroxylation is 1. The van der Waals surface area contributed by atoms with Gasteiger partial charge in [-0.2, -0.15) is 5.10 Å². The first kappa shape index (κ1) is 11.1. The van der Waals surface area contributed by atoms with Gasteiger partial charge in [-0.15, -0.1) is 0 Å². The number of aromatic nitrogens is 3. The average molecular weight is 233 g/mol. The van der Waals surface area contributed by atoms with Crippen molar-refractivity contribution in [1.29, 1.82) is 0 Å². The highest BCUT2D eigenvalue weighted by atomic mass is 16.4. The van der Waals surface area contributed by atoms with Gasteiger partial charge in [0, 0.05) is 0 Å². The normalized spacial score (nSPS) is 10.4. The van der Waals surface area contributed by atoms with Crippen molar-refractivity contribution in [2.45, 2.75) is 13.5 Å². The van der Waals surface area contributed by atoms with E-state index in [0.29, 0.717) is 5.69 Å². The highest BCUT2D eigenvalue weighted by Crippen LogP contribution is 2.05. The summed E-state index contributed by atoms with van der Waals surface area (Å²) < 4.78 is 2.21. The molecule has 0 saturated heterocycles. The summed E-state index contributed by atoms with van der Waals surface area (Å²) >= 11 is 0. The van der Waals surface area contributed by atoms with E-state index in [1.165, 1.54) is 10.9 Å². The zero-order valence-electron chi connectivity index (χ0n) is 9.20. The van der Waals surface area contributed by atoms with E-state index in [0.717, 1.165) is 10.2 Å². The molecule has 0 unspecified atom stereocenters. The summed E-state index contributed by atoms with van der Waals surface area (Å²) in [5.74, 6) is -1.10. The lowest BCUT2D eigenvalue weighted by Gasteiger charge is -2.00. The monoisotopic (exact) mass is 233 g/mol. The molecule has 0 bridgehead atoms. The largest absolute Gasteiger partial charge is 0.480 e. The molecule has 0 radical (unpaired) electrons. The highest BCUT2D eigenvalue weighted by molar-refractivity contribution is 5.66. The fraction of sp³-hybridized carbons (Fsp3) is 0.182. The Bertz CT molecular complexity index is 595. The van der Waals surface area contributed by atoms with Gasteiger partial charge >= 0.3 is 11.7 Å². The second-order valence-electron chi connectivity index (χ2n) is 3.67. The molecule has 1 aromatic heterocycles. The standard InChI is InChI=1S/C11H11N3O3/c1-8-2-4-9(5-3-8)13-7-12-14(11(13)17)6-10(15)16/h2-5,7H,6H2,1H3,(H,15,16). The Morgan fingerprint density at radius 3 is 2.59 bits per heavy atom. The molecular formula is C11H11N3O3. The van der Waals surface area contributed by atoms with Crippen molar-refractivity contribution in [1.82, 2.24) is 14.3 Å². The molecule has 0 atom stereocenters. The molecule has 0 amide bonds. The minimum atomic E-state index is -1.10. The lowest BCUT2D eigenvalue weighted by molar-refractivity contribution is -0.137. The van der Waals surface area contributed by atoms with Crippen LogP contribution in [0.25, 0.3) is 5.69 Å². The fourth-order valence-corrected chi connectivity index (χ4v) is 1.46. The first-order chi connectivity index (χ1) is 8.08. The molecule has 2 rings (SSSR count). The Morgan fingerprint density at radius 1 is 1.35 bits per heavy atom. The summed E-state index contributed by atoms with van der Waals surface area (Å²) in [7, 11) is 0. The molecule has 1 heterocycles. The predicted octanol–water partition coefficient (Wildman–Crippen LogP) is 0.427. The van der Waals surface area contributed by atoms with Crippen LogP contribution in [0.2, 0.25) is 0 Å². The topological polar surface area (TPSA) is 77.1 Å². The van der Waals surface area contributed by atoms with Crippen LogP contribution >= 0.6 is 0 Å². The van der Waals surface area contributed by atoms with E-state index >= 15 is 0 Å². The van der Waals surface area contributed by atoms with E-state index in [9.17, 15) is 9.59 Å². The van der Waals surface area contributed by atoms with Crippen LogP contribution in [0.1, 0.15) is 5.56 Å². The number of nitrogens with zero attached hydrogens (tertiary/aromatic N) is 3. The van der Waals surface area contributed by atoms with Crippen LogP contribution in [0.15, 0.2) is 35.4 Å². The Hall–Kier alpha value is -2.37. The second kappa shape index (κ2) is 4.25. The zero-order valence-corrected chi connectivity index (χ0v) is 9.20. The predicted molar refractivity (Wildman–Crippen MR) is 60.2 cm³/mol. The van der Waals surface area contributed by atoms with Gasteiger partial charge in [0.05, 0.1) is 5.69 Å². The maximum absolute atomic E-state index is 11.8. The third-order valence-corrected chi connectivity index (χ3v) is 2.33. The highest BCUT2D eigenvalue weighted by Gasteiger charge is 2.09. The van der Waals surface area contributed by atoms with Gasteiger partial charge in [-0.3, -0.25) is 4.79 Å². The van der Waals surface area contributed by atoms with E-state index in [-0.39, 0.29) is 0 Å². The Labute approximate surface area is 96.7 Å². The lowest BCUT2D eigenvalue weighted by Crippen LogP contribution is -2.26. The van der Waals surface area contributed by atoms with E-state index < -0.39 is 18.2 Å². The van der Waals surface area contributed by atoms with Crippen LogP contribution in [0.5, 0.6) is 0 Å². The maximum Gasteiger partial charge on any atom is 0.350 e. The van der Waals surface area contributed by atoms with Crippen LogP contribution in [-0.2, 0) is 11.3 Å². The quantitative estimate of drug-likeness (QED) is 0.833. The zero-order chi connectivity index (χ0) is 12.4. The average Bonchev–Trinajstić information content (AvgIpc) is 2.61. The molecule has 1 N–H and O–H groups in total. The van der Waals surface area contributed by atoms with Crippen molar-refractivity contribution in [3.8, 4) is 5.69 Å². The van der Waals surface area contributed by atoms with Crippen molar-refractivity contribution in [2.24, 2.45) is 0 Å². The molecule has 88 valence electrons. The number of aliphatic carboxylic acids is 1. The van der Waals surface area contributed by atoms with Gasteiger partial charge in [-0.1, -0.05) is 17.7 Å². The maximum atomic E-state index is 11.8. The van der Waals surface area contributed by atoms with Crippen LogP contribution < -0.4 is 5.69 Å². The summed E-state index contributed by atoms with van der Waals surface area (Å²) in [5, 5.41) is 12.3. The van der Waals surface area contributed by atoms with Crippen LogP contribution in [0.3, 0.4) is 0 Å². The minimum Gasteiger partial charge on any atom is -0.480 e. The lowest BCUT2D eigenvalue weighted by atomic mass is 10.2. The molecule has 0 fully saturated rings. The molecule has 0 aliphatic heterocycles. The van der Waals surface area contributed by atoms with Crippen molar-refractivity contribution < 1.29 is 9.90 Å². The molecule has 2 aromatic rings. The smallest absolute Gasteiger partial charge is 0.350 e. The van der Waals surface area contributed by atoms with Crippen LogP contribution in [0, 0.1) is 6.92 Å². The van der Waals surface area contributed by atoms with E-state index in [4.69, 9.17) is 5.11 Å². The first-order valence-corrected chi connectivity index (χ1v) is 5.01. The number of carboxylic acids is 1. The van der Waals surface area contributed by atoms with Crippen molar-refractivity contribution >= 4 is 5.97 Å². The second-order valence-corrected chi connectivity index (χ2v) is 3.67. The number of carboxylic acid groups (broad SMARTS) is 1. The van der Waals surface area contributed by atoms with E-state index in [1.54, 1.807) is 12.1 Å². The summed E-state index contributed by atoms with van der Waals surface area (Å²) in [6.45, 7) is 1.51. The summed E-state index contributed by atoms with van der Waals surface area (Å²) in [6.07, 6.45) is 1.32. The molecule has 0 aliphatic rings. The molecule has 0 spiro atoms. The molecule has 17 heavy (non-hydrogen) atoms. The van der Waals surface area contributed by atoms with Crippen molar-refractivity contribution in [3.05, 3.63) is 46.6 Å². The SMILES string of the molecule is Cc1ccc(-n2cnn(CC(=O)O)c2=O)cc1. The number of hydrogen-bond donors (Lipinski definition) is 1. The third kappa shape index (κ3) is 2.25. The third-order valence-electron chi connectivity index (χ3n) is 2.33. The summed E-state index contributed by atoms with van der Waals surface area (Å²) in [5.41, 5.74) is 1.29. The van der Waals surface area contributed by atoms with Gasteiger partial charge in [0.25, 0.3) is 0 Å². The Balaban J connectivity index is 2.40. The number of rotatable bonds is 3. The molecule has 6 heteroatoms. The van der Waals surface area contributed by atoms with Crippen LogP contribution in [0.4, 0.5) is 0 Å². The van der Waals surface area contributed by atoms with Crippen LogP contribution in [-0.4, -0.2) is 25.4 Å². The van der Waals surface area contributed by atoms with Crippen molar-refractivity contribution in [2.75, 3.05) is 0 Å². The Morgan fingerprint density at radius 2 is 2.00 bits per heavy atom. The molecular weight excluding hydrogens is 222 g/mol. The molecule has 1 aromatic carbocycles. The molecule has 0 aliphatic carbocycles. The molecule has 0 saturated carbocycles. The number of hydrogen-bond acceptors (Lipinski definition) is 3. The van der Waals surface area contributed by atoms with E-state index in [1.807, 2.05) is 19.1 Å².